The van der Waals surface area contributed by atoms with Crippen molar-refractivity contribution in [3.8, 4) is 0 Å². The molecule has 106 valence electrons. The highest BCUT2D eigenvalue weighted by atomic mass is 32.2. The lowest BCUT2D eigenvalue weighted by Gasteiger charge is -2.22. The summed E-state index contributed by atoms with van der Waals surface area (Å²) < 4.78 is 32.4. The maximum Gasteiger partial charge on any atom is 0.243 e. The van der Waals surface area contributed by atoms with Gasteiger partial charge in [-0.05, 0) is 44.0 Å². The van der Waals surface area contributed by atoms with Crippen molar-refractivity contribution >= 4 is 10.0 Å². The first-order valence-corrected chi connectivity index (χ1v) is 8.15. The third kappa shape index (κ3) is 2.27. The highest BCUT2D eigenvalue weighted by molar-refractivity contribution is 7.89. The molecule has 5 heteroatoms. The summed E-state index contributed by atoms with van der Waals surface area (Å²) >= 11 is 0. The molecule has 0 bridgehead atoms. The van der Waals surface area contributed by atoms with Gasteiger partial charge in [-0.1, -0.05) is 17.7 Å². The molecular formula is C15H17NO3S. The Bertz CT molecular complexity index is 674. The van der Waals surface area contributed by atoms with Crippen LogP contribution in [0.15, 0.2) is 52.0 Å². The fourth-order valence-electron chi connectivity index (χ4n) is 2.64. The van der Waals surface area contributed by atoms with Crippen LogP contribution in [0.2, 0.25) is 0 Å². The average molecular weight is 291 g/mol. The smallest absolute Gasteiger partial charge is 0.243 e. The SMILES string of the molecule is Cc1ccc(S(=O)(=O)N2CCCC2c2ccco2)cc1. The average Bonchev–Trinajstić information content (AvgIpc) is 3.10. The van der Waals surface area contributed by atoms with Gasteiger partial charge >= 0.3 is 0 Å². The Kier molecular flexibility index (Phi) is 3.40. The van der Waals surface area contributed by atoms with E-state index in [2.05, 4.69) is 0 Å². The summed E-state index contributed by atoms with van der Waals surface area (Å²) in [5.74, 6) is 0.721. The largest absolute Gasteiger partial charge is 0.468 e. The van der Waals surface area contributed by atoms with Gasteiger partial charge in [-0.15, -0.1) is 0 Å². The fraction of sp³-hybridized carbons (Fsp3) is 0.333. The van der Waals surface area contributed by atoms with Gasteiger partial charge in [-0.3, -0.25) is 0 Å². The zero-order valence-corrected chi connectivity index (χ0v) is 12.1. The predicted molar refractivity (Wildman–Crippen MR) is 75.8 cm³/mol. The van der Waals surface area contributed by atoms with Crippen LogP contribution in [0.5, 0.6) is 0 Å². The van der Waals surface area contributed by atoms with E-state index in [1.807, 2.05) is 25.1 Å². The summed E-state index contributed by atoms with van der Waals surface area (Å²) in [6.07, 6.45) is 3.25. The molecular weight excluding hydrogens is 274 g/mol. The van der Waals surface area contributed by atoms with E-state index in [0.29, 0.717) is 11.4 Å². The van der Waals surface area contributed by atoms with Crippen molar-refractivity contribution < 1.29 is 12.8 Å². The highest BCUT2D eigenvalue weighted by Gasteiger charge is 2.37. The molecule has 0 aliphatic carbocycles. The summed E-state index contributed by atoms with van der Waals surface area (Å²) in [5.41, 5.74) is 1.05. The lowest BCUT2D eigenvalue weighted by molar-refractivity contribution is 0.340. The van der Waals surface area contributed by atoms with Crippen LogP contribution in [-0.2, 0) is 10.0 Å². The van der Waals surface area contributed by atoms with Gasteiger partial charge in [-0.25, -0.2) is 8.42 Å². The topological polar surface area (TPSA) is 50.5 Å². The van der Waals surface area contributed by atoms with E-state index in [1.54, 1.807) is 28.8 Å². The molecule has 20 heavy (non-hydrogen) atoms. The zero-order chi connectivity index (χ0) is 14.2. The molecule has 2 heterocycles. The minimum Gasteiger partial charge on any atom is -0.468 e. The van der Waals surface area contributed by atoms with E-state index >= 15 is 0 Å². The number of furan rings is 1. The van der Waals surface area contributed by atoms with Gasteiger partial charge in [0, 0.05) is 6.54 Å². The van der Waals surface area contributed by atoms with Crippen LogP contribution in [0, 0.1) is 6.92 Å². The number of hydrogen-bond acceptors (Lipinski definition) is 3. The van der Waals surface area contributed by atoms with Crippen molar-refractivity contribution in [1.29, 1.82) is 0 Å². The quantitative estimate of drug-likeness (QED) is 0.873. The molecule has 3 rings (SSSR count). The summed E-state index contributed by atoms with van der Waals surface area (Å²) in [6, 6.07) is 10.4. The molecule has 0 spiro atoms. The van der Waals surface area contributed by atoms with Gasteiger partial charge < -0.3 is 4.42 Å². The number of benzene rings is 1. The highest BCUT2D eigenvalue weighted by Crippen LogP contribution is 2.36. The second-order valence-electron chi connectivity index (χ2n) is 5.10. The molecule has 0 N–H and O–H groups in total. The van der Waals surface area contributed by atoms with Crippen molar-refractivity contribution in [1.82, 2.24) is 4.31 Å². The predicted octanol–water partition coefficient (Wildman–Crippen LogP) is 3.11. The number of nitrogens with zero attached hydrogens (tertiary/aromatic N) is 1. The van der Waals surface area contributed by atoms with Gasteiger partial charge in [0.05, 0.1) is 17.2 Å². The normalized spacial score (nSPS) is 20.4. The molecule has 1 atom stereocenters. The summed E-state index contributed by atoms with van der Waals surface area (Å²) in [4.78, 5) is 0.349. The molecule has 0 radical (unpaired) electrons. The Morgan fingerprint density at radius 3 is 2.60 bits per heavy atom. The lowest BCUT2D eigenvalue weighted by Crippen LogP contribution is -2.30. The summed E-state index contributed by atoms with van der Waals surface area (Å²) in [7, 11) is -3.46. The van der Waals surface area contributed by atoms with Gasteiger partial charge in [0.2, 0.25) is 10.0 Å². The van der Waals surface area contributed by atoms with Crippen molar-refractivity contribution in [2.75, 3.05) is 6.54 Å². The first-order valence-electron chi connectivity index (χ1n) is 6.71. The van der Waals surface area contributed by atoms with Crippen LogP contribution >= 0.6 is 0 Å². The van der Waals surface area contributed by atoms with Crippen LogP contribution in [0.1, 0.15) is 30.2 Å². The Balaban J connectivity index is 1.96. The van der Waals surface area contributed by atoms with E-state index in [-0.39, 0.29) is 6.04 Å². The molecule has 2 aromatic rings. The fourth-order valence-corrected chi connectivity index (χ4v) is 4.30. The number of sulfonamides is 1. The Labute approximate surface area is 119 Å². The second kappa shape index (κ2) is 5.07. The minimum atomic E-state index is -3.46. The Morgan fingerprint density at radius 2 is 1.95 bits per heavy atom. The van der Waals surface area contributed by atoms with Crippen molar-refractivity contribution in [2.24, 2.45) is 0 Å². The maximum atomic E-state index is 12.7. The molecule has 1 aliphatic heterocycles. The zero-order valence-electron chi connectivity index (χ0n) is 11.3. The molecule has 4 nitrogen and oxygen atoms in total. The van der Waals surface area contributed by atoms with Crippen LogP contribution in [0.25, 0.3) is 0 Å². The second-order valence-corrected chi connectivity index (χ2v) is 6.99. The summed E-state index contributed by atoms with van der Waals surface area (Å²) in [5, 5.41) is 0. The third-order valence-corrected chi connectivity index (χ3v) is 5.63. The molecule has 1 unspecified atom stereocenters. The summed E-state index contributed by atoms with van der Waals surface area (Å²) in [6.45, 7) is 2.49. The van der Waals surface area contributed by atoms with Crippen LogP contribution < -0.4 is 0 Å². The Morgan fingerprint density at radius 1 is 1.20 bits per heavy atom. The maximum absolute atomic E-state index is 12.7. The van der Waals surface area contributed by atoms with E-state index in [1.165, 1.54) is 0 Å². The Hall–Kier alpha value is -1.59. The first-order chi connectivity index (χ1) is 9.59. The van der Waals surface area contributed by atoms with Gasteiger partial charge in [0.15, 0.2) is 0 Å². The standard InChI is InChI=1S/C15H17NO3S/c1-12-6-8-13(9-7-12)20(17,18)16-10-2-4-14(16)15-5-3-11-19-15/h3,5-9,11,14H,2,4,10H2,1H3. The number of rotatable bonds is 3. The van der Waals surface area contributed by atoms with E-state index in [0.717, 1.165) is 24.2 Å². The van der Waals surface area contributed by atoms with E-state index < -0.39 is 10.0 Å². The molecule has 1 aliphatic rings. The minimum absolute atomic E-state index is 0.184. The van der Waals surface area contributed by atoms with Gasteiger partial charge in [0.1, 0.15) is 5.76 Å². The number of hydrogen-bond donors (Lipinski definition) is 0. The molecule has 1 aromatic heterocycles. The van der Waals surface area contributed by atoms with Crippen LogP contribution in [-0.4, -0.2) is 19.3 Å². The van der Waals surface area contributed by atoms with Crippen LogP contribution in [0.3, 0.4) is 0 Å². The van der Waals surface area contributed by atoms with E-state index in [9.17, 15) is 8.42 Å². The molecule has 0 saturated carbocycles. The van der Waals surface area contributed by atoms with Gasteiger partial charge in [0.25, 0.3) is 0 Å². The molecule has 0 amide bonds. The van der Waals surface area contributed by atoms with Crippen LogP contribution in [0.4, 0.5) is 0 Å². The van der Waals surface area contributed by atoms with Crippen molar-refractivity contribution in [3.05, 3.63) is 54.0 Å². The van der Waals surface area contributed by atoms with Crippen molar-refractivity contribution in [3.63, 3.8) is 0 Å². The number of aryl methyl sites for hydroxylation is 1. The van der Waals surface area contributed by atoms with E-state index in [4.69, 9.17) is 4.42 Å². The molecule has 1 fully saturated rings. The first kappa shape index (κ1) is 13.4. The van der Waals surface area contributed by atoms with Crippen molar-refractivity contribution in [2.45, 2.75) is 30.7 Å². The van der Waals surface area contributed by atoms with Gasteiger partial charge in [-0.2, -0.15) is 4.31 Å². The third-order valence-electron chi connectivity index (χ3n) is 3.70. The monoisotopic (exact) mass is 291 g/mol. The molecule has 1 aromatic carbocycles. The molecule has 1 saturated heterocycles. The lowest BCUT2D eigenvalue weighted by atomic mass is 10.2.